The Morgan fingerprint density at radius 1 is 1.21 bits per heavy atom. The number of methoxy groups -OCH3 is 1. The van der Waals surface area contributed by atoms with Gasteiger partial charge in [0.2, 0.25) is 0 Å². The molecular weight excluding hydrogens is 424 g/mol. The summed E-state index contributed by atoms with van der Waals surface area (Å²) in [4.78, 5) is 37.9. The summed E-state index contributed by atoms with van der Waals surface area (Å²) in [6.45, 7) is 7.31. The number of aryl methyl sites for hydroxylation is 1. The highest BCUT2D eigenvalue weighted by atomic mass is 16.5. The number of nitrogens with zero attached hydrogens (tertiary/aromatic N) is 4. The van der Waals surface area contributed by atoms with Gasteiger partial charge in [-0.05, 0) is 52.1 Å². The van der Waals surface area contributed by atoms with Gasteiger partial charge in [-0.3, -0.25) is 9.36 Å². The first-order valence-electron chi connectivity index (χ1n) is 12.1. The molecule has 2 aromatic rings. The van der Waals surface area contributed by atoms with Crippen molar-refractivity contribution in [3.05, 3.63) is 10.5 Å². The number of likely N-dealkylation sites (tertiary alicyclic amines) is 1. The molecule has 1 saturated heterocycles. The first kappa shape index (κ1) is 25.0. The van der Waals surface area contributed by atoms with Crippen LogP contribution < -0.4 is 16.2 Å². The third-order valence-electron chi connectivity index (χ3n) is 6.55. The molecule has 3 rings (SSSR count). The van der Waals surface area contributed by atoms with Crippen LogP contribution in [0.1, 0.15) is 65.2 Å². The van der Waals surface area contributed by atoms with Crippen molar-refractivity contribution in [3.63, 3.8) is 0 Å². The maximum atomic E-state index is 12.4. The molecule has 0 amide bonds. The Balaban J connectivity index is 1.46. The summed E-state index contributed by atoms with van der Waals surface area (Å²) in [5.41, 5.74) is 6.75. The Labute approximate surface area is 194 Å². The fraction of sp³-hybridized carbons (Fsp3) is 0.739. The number of unbranched alkanes of at least 4 members (excludes halogenated alkanes) is 3. The summed E-state index contributed by atoms with van der Waals surface area (Å²) in [6.07, 6.45) is 7.72. The maximum Gasteiger partial charge on any atom is 0.327 e. The molecule has 1 aliphatic heterocycles. The van der Waals surface area contributed by atoms with Crippen molar-refractivity contribution in [1.82, 2.24) is 24.4 Å². The number of nitrogens with one attached hydrogen (secondary N) is 1. The number of hydrogen-bond donors (Lipinski definition) is 2. The number of hydrogen-bond acceptors (Lipinski definition) is 8. The van der Waals surface area contributed by atoms with Crippen molar-refractivity contribution in [1.29, 1.82) is 0 Å². The molecule has 0 spiro atoms. The summed E-state index contributed by atoms with van der Waals surface area (Å²) in [6, 6.07) is 0.695. The molecule has 10 nitrogen and oxygen atoms in total. The fourth-order valence-electron chi connectivity index (χ4n) is 4.42. The Morgan fingerprint density at radius 2 is 1.97 bits per heavy atom. The van der Waals surface area contributed by atoms with E-state index in [1.165, 1.54) is 7.11 Å². The molecule has 3 N–H and O–H groups in total. The zero-order chi connectivity index (χ0) is 23.8. The number of piperidine rings is 1. The van der Waals surface area contributed by atoms with Gasteiger partial charge in [0.1, 0.15) is 5.52 Å². The third-order valence-corrected chi connectivity index (χ3v) is 6.55. The van der Waals surface area contributed by atoms with Gasteiger partial charge in [0.05, 0.1) is 19.6 Å². The highest BCUT2D eigenvalue weighted by Gasteiger charge is 2.27. The monoisotopic (exact) mass is 462 g/mol. The van der Waals surface area contributed by atoms with E-state index in [1.54, 1.807) is 4.57 Å². The van der Waals surface area contributed by atoms with Crippen LogP contribution in [0, 0.1) is 5.92 Å². The van der Waals surface area contributed by atoms with Crippen LogP contribution >= 0.6 is 0 Å². The van der Waals surface area contributed by atoms with E-state index in [-0.39, 0.29) is 29.4 Å². The molecule has 0 aliphatic carbocycles. The lowest BCUT2D eigenvalue weighted by Gasteiger charge is -2.35. The average Bonchev–Trinajstić information content (AvgIpc) is 3.14. The lowest BCUT2D eigenvalue weighted by atomic mass is 9.95. The zero-order valence-corrected chi connectivity index (χ0v) is 20.1. The molecule has 1 atom stereocenters. The summed E-state index contributed by atoms with van der Waals surface area (Å²) in [7, 11) is 1.46. The molecule has 1 fully saturated rings. The van der Waals surface area contributed by atoms with Crippen LogP contribution in [0.25, 0.3) is 11.2 Å². The number of carbonyl (C=O) groups excluding carboxylic acids is 1. The van der Waals surface area contributed by atoms with Gasteiger partial charge in [-0.15, -0.1) is 0 Å². The van der Waals surface area contributed by atoms with Gasteiger partial charge in [0.25, 0.3) is 0 Å². The number of H-pyrrole nitrogens is 1. The first-order chi connectivity index (χ1) is 15.9. The summed E-state index contributed by atoms with van der Waals surface area (Å²) in [5, 5.41) is 0. The molecule has 3 heterocycles. The molecule has 1 unspecified atom stereocenters. The van der Waals surface area contributed by atoms with Gasteiger partial charge in [0.15, 0.2) is 11.5 Å². The van der Waals surface area contributed by atoms with E-state index in [0.29, 0.717) is 30.4 Å². The number of aromatic nitrogens is 4. The molecule has 0 bridgehead atoms. The average molecular weight is 463 g/mol. The summed E-state index contributed by atoms with van der Waals surface area (Å²) >= 11 is 0. The van der Waals surface area contributed by atoms with Crippen molar-refractivity contribution in [3.8, 4) is 6.01 Å². The molecule has 33 heavy (non-hydrogen) atoms. The van der Waals surface area contributed by atoms with Crippen molar-refractivity contribution >= 4 is 23.0 Å². The second-order valence-electron chi connectivity index (χ2n) is 8.91. The lowest BCUT2D eigenvalue weighted by molar-refractivity contribution is -0.147. The minimum atomic E-state index is -0.224. The highest BCUT2D eigenvalue weighted by Crippen LogP contribution is 2.22. The van der Waals surface area contributed by atoms with Crippen LogP contribution in [0.2, 0.25) is 0 Å². The normalized spacial score (nSPS) is 16.2. The molecule has 10 heteroatoms. The smallest absolute Gasteiger partial charge is 0.327 e. The topological polar surface area (TPSA) is 128 Å². The quantitative estimate of drug-likeness (QED) is 0.364. The summed E-state index contributed by atoms with van der Waals surface area (Å²) < 4.78 is 12.1. The zero-order valence-electron chi connectivity index (χ0n) is 20.1. The molecule has 184 valence electrons. The largest absolute Gasteiger partial charge is 0.469 e. The number of imidazole rings is 1. The van der Waals surface area contributed by atoms with Gasteiger partial charge >= 0.3 is 17.7 Å². The third kappa shape index (κ3) is 6.46. The van der Waals surface area contributed by atoms with Gasteiger partial charge in [-0.1, -0.05) is 26.2 Å². The van der Waals surface area contributed by atoms with E-state index in [9.17, 15) is 9.59 Å². The number of aromatic amines is 1. The first-order valence-corrected chi connectivity index (χ1v) is 12.1. The predicted octanol–water partition coefficient (Wildman–Crippen LogP) is 2.71. The van der Waals surface area contributed by atoms with E-state index in [4.69, 9.17) is 15.2 Å². The van der Waals surface area contributed by atoms with E-state index in [1.807, 2.05) is 0 Å². The minimum absolute atomic E-state index is 0.0448. The Hall–Kier alpha value is -2.62. The van der Waals surface area contributed by atoms with Crippen LogP contribution in [-0.2, 0) is 16.1 Å². The van der Waals surface area contributed by atoms with Gasteiger partial charge in [-0.25, -0.2) is 4.79 Å². The van der Waals surface area contributed by atoms with E-state index >= 15 is 0 Å². The number of fused-ring (bicyclic) bond motifs is 1. The van der Waals surface area contributed by atoms with Crippen molar-refractivity contribution in [2.75, 3.05) is 32.5 Å². The second kappa shape index (κ2) is 12.0. The number of carbonyl (C=O) groups is 1. The molecule has 0 saturated carbocycles. The fourth-order valence-corrected chi connectivity index (χ4v) is 4.42. The lowest BCUT2D eigenvalue weighted by Crippen LogP contribution is -2.41. The predicted molar refractivity (Wildman–Crippen MR) is 127 cm³/mol. The number of ether oxygens (including phenoxy) is 2. The standard InChI is InChI=1S/C23H38N6O4/c1-4-5-15-33-22-26-19(24)18-20(27-22)29(23(31)25-18)12-8-6-7-9-16(2)28-13-10-17(11-14-28)21(30)32-3/h16-17H,4-15H2,1-3H3,(H,25,31)(H2,24,26,27). The van der Waals surface area contributed by atoms with Crippen LogP contribution in [0.3, 0.4) is 0 Å². The van der Waals surface area contributed by atoms with Crippen molar-refractivity contribution in [2.24, 2.45) is 5.92 Å². The Kier molecular flexibility index (Phi) is 9.11. The number of esters is 1. The van der Waals surface area contributed by atoms with Crippen LogP contribution in [0.4, 0.5) is 5.82 Å². The Morgan fingerprint density at radius 3 is 2.67 bits per heavy atom. The number of nitrogen functional groups attached to an aromatic ring is 1. The number of nitrogens with two attached hydrogens (primary N) is 1. The van der Waals surface area contributed by atoms with Crippen molar-refractivity contribution in [2.45, 2.75) is 77.8 Å². The van der Waals surface area contributed by atoms with Gasteiger partial charge < -0.3 is 25.1 Å². The minimum Gasteiger partial charge on any atom is -0.469 e. The molecule has 0 radical (unpaired) electrons. The van der Waals surface area contributed by atoms with E-state index < -0.39 is 0 Å². The van der Waals surface area contributed by atoms with Crippen LogP contribution in [0.5, 0.6) is 6.01 Å². The number of rotatable bonds is 12. The summed E-state index contributed by atoms with van der Waals surface area (Å²) in [5.74, 6) is 0.192. The maximum absolute atomic E-state index is 12.4. The molecule has 1 aliphatic rings. The molecular formula is C23H38N6O4. The Bertz CT molecular complexity index is 964. The van der Waals surface area contributed by atoms with E-state index in [2.05, 4.69) is 33.7 Å². The number of anilines is 1. The van der Waals surface area contributed by atoms with Gasteiger partial charge in [0, 0.05) is 12.6 Å². The van der Waals surface area contributed by atoms with E-state index in [0.717, 1.165) is 64.5 Å². The van der Waals surface area contributed by atoms with Crippen molar-refractivity contribution < 1.29 is 14.3 Å². The van der Waals surface area contributed by atoms with Crippen LogP contribution in [-0.4, -0.2) is 63.2 Å². The second-order valence-corrected chi connectivity index (χ2v) is 8.91. The highest BCUT2D eigenvalue weighted by molar-refractivity contribution is 5.81. The SMILES string of the molecule is CCCCOc1nc(N)c2[nH]c(=O)n(CCCCCC(C)N3CCC(C(=O)OC)CC3)c2n1. The molecule has 0 aromatic carbocycles. The van der Waals surface area contributed by atoms with Crippen LogP contribution in [0.15, 0.2) is 4.79 Å². The molecule has 2 aromatic heterocycles. The van der Waals surface area contributed by atoms with Gasteiger partial charge in [-0.2, -0.15) is 9.97 Å².